The first-order valence-corrected chi connectivity index (χ1v) is 7.09. The molecular weight excluding hydrogens is 281 g/mol. The van der Waals surface area contributed by atoms with Gasteiger partial charge in [-0.1, -0.05) is 36.2 Å². The minimum atomic E-state index is -0.248. The van der Waals surface area contributed by atoms with Gasteiger partial charge in [-0.15, -0.1) is 0 Å². The number of hydrogen-bond donors (Lipinski definition) is 1. The highest BCUT2D eigenvalue weighted by Gasteiger charge is 2.16. The van der Waals surface area contributed by atoms with E-state index < -0.39 is 0 Å². The number of rotatable bonds is 4. The van der Waals surface area contributed by atoms with E-state index in [4.69, 9.17) is 28.9 Å². The highest BCUT2D eigenvalue weighted by Crippen LogP contribution is 2.28. The normalized spacial score (nSPS) is 12.7. The third-order valence-corrected chi connectivity index (χ3v) is 3.88. The van der Waals surface area contributed by atoms with E-state index in [0.717, 1.165) is 29.9 Å². The highest BCUT2D eigenvalue weighted by molar-refractivity contribution is 6.42. The molecule has 1 aromatic heterocycles. The Balaban J connectivity index is 2.39. The third kappa shape index (κ3) is 2.94. The Labute approximate surface area is 123 Å². The average Bonchev–Trinajstić information content (AvgIpc) is 2.84. The van der Waals surface area contributed by atoms with Crippen LogP contribution in [0.5, 0.6) is 0 Å². The van der Waals surface area contributed by atoms with Gasteiger partial charge in [0.2, 0.25) is 0 Å². The molecule has 1 heterocycles. The number of aromatic nitrogens is 2. The van der Waals surface area contributed by atoms with Crippen LogP contribution in [0.4, 0.5) is 0 Å². The van der Waals surface area contributed by atoms with Crippen LogP contribution in [0.2, 0.25) is 10.0 Å². The zero-order valence-electron chi connectivity index (χ0n) is 11.0. The lowest BCUT2D eigenvalue weighted by molar-refractivity contribution is 0.595. The Hall–Kier alpha value is -1.03. The van der Waals surface area contributed by atoms with Crippen LogP contribution in [0, 0.1) is 0 Å². The van der Waals surface area contributed by atoms with Crippen LogP contribution in [-0.2, 0) is 13.0 Å². The van der Waals surface area contributed by atoms with E-state index in [9.17, 15) is 0 Å². The summed E-state index contributed by atoms with van der Waals surface area (Å²) in [6.07, 6.45) is 0.897. The average molecular weight is 298 g/mol. The molecule has 1 unspecified atom stereocenters. The number of aryl methyl sites for hydroxylation is 2. The van der Waals surface area contributed by atoms with Crippen molar-refractivity contribution >= 4 is 23.2 Å². The summed E-state index contributed by atoms with van der Waals surface area (Å²) in [4.78, 5) is 0. The zero-order valence-corrected chi connectivity index (χ0v) is 12.5. The molecular formula is C14H17Cl2N3. The van der Waals surface area contributed by atoms with E-state index in [0.29, 0.717) is 10.0 Å². The van der Waals surface area contributed by atoms with Gasteiger partial charge in [-0.3, -0.25) is 4.68 Å². The number of halogens is 2. The first-order valence-electron chi connectivity index (χ1n) is 6.34. The second kappa shape index (κ2) is 5.95. The molecule has 2 N–H and O–H groups in total. The van der Waals surface area contributed by atoms with E-state index >= 15 is 0 Å². The van der Waals surface area contributed by atoms with Gasteiger partial charge in [0, 0.05) is 6.54 Å². The molecule has 0 saturated heterocycles. The van der Waals surface area contributed by atoms with Crippen LogP contribution in [0.25, 0.3) is 0 Å². The summed E-state index contributed by atoms with van der Waals surface area (Å²) in [6.45, 7) is 4.93. The van der Waals surface area contributed by atoms with Gasteiger partial charge in [0.15, 0.2) is 0 Å². The molecule has 0 radical (unpaired) electrons. The van der Waals surface area contributed by atoms with Gasteiger partial charge in [-0.25, -0.2) is 0 Å². The van der Waals surface area contributed by atoms with Crippen LogP contribution in [0.15, 0.2) is 24.3 Å². The van der Waals surface area contributed by atoms with Gasteiger partial charge in [0.05, 0.1) is 27.5 Å². The Morgan fingerprint density at radius 1 is 1.21 bits per heavy atom. The monoisotopic (exact) mass is 297 g/mol. The molecule has 0 aliphatic rings. The van der Waals surface area contributed by atoms with Gasteiger partial charge in [-0.2, -0.15) is 5.10 Å². The van der Waals surface area contributed by atoms with Crippen molar-refractivity contribution in [3.63, 3.8) is 0 Å². The van der Waals surface area contributed by atoms with E-state index in [-0.39, 0.29) is 6.04 Å². The predicted octanol–water partition coefficient (Wildman–Crippen LogP) is 3.82. The highest BCUT2D eigenvalue weighted by atomic mass is 35.5. The van der Waals surface area contributed by atoms with Gasteiger partial charge in [-0.05, 0) is 37.1 Å². The standard InChI is InChI=1S/C14H17Cl2N3/c1-3-10-8-13(19(4-2)18-10)14(17)9-5-6-11(15)12(16)7-9/h5-8,14H,3-4,17H2,1-2H3. The van der Waals surface area contributed by atoms with Crippen molar-refractivity contribution in [2.24, 2.45) is 5.73 Å². The quantitative estimate of drug-likeness (QED) is 0.932. The number of nitrogens with zero attached hydrogens (tertiary/aromatic N) is 2. The third-order valence-electron chi connectivity index (χ3n) is 3.14. The van der Waals surface area contributed by atoms with Crippen molar-refractivity contribution in [1.29, 1.82) is 0 Å². The van der Waals surface area contributed by atoms with Crippen molar-refractivity contribution < 1.29 is 0 Å². The molecule has 0 saturated carbocycles. The maximum atomic E-state index is 6.32. The molecule has 1 atom stereocenters. The lowest BCUT2D eigenvalue weighted by Gasteiger charge is -2.14. The summed E-state index contributed by atoms with van der Waals surface area (Å²) in [7, 11) is 0. The molecule has 3 nitrogen and oxygen atoms in total. The summed E-state index contributed by atoms with van der Waals surface area (Å²) >= 11 is 12.0. The first-order chi connectivity index (χ1) is 9.06. The molecule has 0 bridgehead atoms. The molecule has 0 amide bonds. The van der Waals surface area contributed by atoms with Crippen molar-refractivity contribution in [1.82, 2.24) is 9.78 Å². The topological polar surface area (TPSA) is 43.8 Å². The summed E-state index contributed by atoms with van der Waals surface area (Å²) in [6, 6.07) is 7.29. The molecule has 19 heavy (non-hydrogen) atoms. The molecule has 0 fully saturated rings. The molecule has 102 valence electrons. The Kier molecular flexibility index (Phi) is 4.50. The molecule has 2 rings (SSSR count). The van der Waals surface area contributed by atoms with Gasteiger partial charge in [0.1, 0.15) is 0 Å². The fourth-order valence-corrected chi connectivity index (χ4v) is 2.35. The van der Waals surface area contributed by atoms with Crippen LogP contribution < -0.4 is 5.73 Å². The second-order valence-electron chi connectivity index (χ2n) is 4.38. The maximum absolute atomic E-state index is 6.32. The van der Waals surface area contributed by atoms with Crippen molar-refractivity contribution in [2.75, 3.05) is 0 Å². The van der Waals surface area contributed by atoms with Crippen molar-refractivity contribution in [3.05, 3.63) is 51.3 Å². The predicted molar refractivity (Wildman–Crippen MR) is 79.8 cm³/mol. The molecule has 0 spiro atoms. The number of nitrogens with two attached hydrogens (primary N) is 1. The van der Waals surface area contributed by atoms with Crippen molar-refractivity contribution in [2.45, 2.75) is 32.9 Å². The summed E-state index contributed by atoms with van der Waals surface area (Å²) in [5.41, 5.74) is 9.30. The molecule has 1 aromatic carbocycles. The Morgan fingerprint density at radius 2 is 1.95 bits per heavy atom. The molecule has 0 aliphatic heterocycles. The van der Waals surface area contributed by atoms with E-state index in [1.54, 1.807) is 6.07 Å². The SMILES string of the molecule is CCc1cc(C(N)c2ccc(Cl)c(Cl)c2)n(CC)n1. The van der Waals surface area contributed by atoms with Gasteiger partial charge < -0.3 is 5.73 Å². The van der Waals surface area contributed by atoms with Crippen LogP contribution in [0.3, 0.4) is 0 Å². The maximum Gasteiger partial charge on any atom is 0.0723 e. The van der Waals surface area contributed by atoms with E-state index in [2.05, 4.69) is 25.0 Å². The fraction of sp³-hybridized carbons (Fsp3) is 0.357. The molecule has 5 heteroatoms. The van der Waals surface area contributed by atoms with E-state index in [1.807, 2.05) is 16.8 Å². The summed E-state index contributed by atoms with van der Waals surface area (Å²) in [5.74, 6) is 0. The van der Waals surface area contributed by atoms with Crippen molar-refractivity contribution in [3.8, 4) is 0 Å². The Morgan fingerprint density at radius 3 is 2.53 bits per heavy atom. The molecule has 2 aromatic rings. The fourth-order valence-electron chi connectivity index (χ4n) is 2.04. The second-order valence-corrected chi connectivity index (χ2v) is 5.20. The number of benzene rings is 1. The Bertz CT molecular complexity index is 578. The summed E-state index contributed by atoms with van der Waals surface area (Å²) < 4.78 is 1.94. The number of hydrogen-bond acceptors (Lipinski definition) is 2. The summed E-state index contributed by atoms with van der Waals surface area (Å²) in [5, 5.41) is 5.57. The molecule has 0 aliphatic carbocycles. The van der Waals surface area contributed by atoms with E-state index in [1.165, 1.54) is 0 Å². The first kappa shape index (κ1) is 14.4. The smallest absolute Gasteiger partial charge is 0.0723 e. The minimum absolute atomic E-state index is 0.248. The lowest BCUT2D eigenvalue weighted by Crippen LogP contribution is -2.17. The lowest BCUT2D eigenvalue weighted by atomic mass is 10.0. The van der Waals surface area contributed by atoms with Gasteiger partial charge >= 0.3 is 0 Å². The largest absolute Gasteiger partial charge is 0.319 e. The minimum Gasteiger partial charge on any atom is -0.319 e. The van der Waals surface area contributed by atoms with Crippen LogP contribution in [-0.4, -0.2) is 9.78 Å². The zero-order chi connectivity index (χ0) is 14.0. The van der Waals surface area contributed by atoms with Crippen LogP contribution in [0.1, 0.15) is 36.8 Å². The van der Waals surface area contributed by atoms with Gasteiger partial charge in [0.25, 0.3) is 0 Å². The van der Waals surface area contributed by atoms with Crippen LogP contribution >= 0.6 is 23.2 Å².